The summed E-state index contributed by atoms with van der Waals surface area (Å²) in [6, 6.07) is 0.263. The molecule has 0 aromatic carbocycles. The number of nitrogens with zero attached hydrogens (tertiary/aromatic N) is 4. The molecular formula is C14H21ClN6OS. The molecule has 2 aromatic heterocycles. The summed E-state index contributed by atoms with van der Waals surface area (Å²) in [6.07, 6.45) is 1.75. The number of hydrogen-bond acceptors (Lipinski definition) is 6. The van der Waals surface area contributed by atoms with Gasteiger partial charge in [-0.25, -0.2) is 14.6 Å². The van der Waals surface area contributed by atoms with Crippen molar-refractivity contribution in [3.63, 3.8) is 0 Å². The highest BCUT2D eigenvalue weighted by atomic mass is 35.5. The summed E-state index contributed by atoms with van der Waals surface area (Å²) in [5.74, 6) is 1.45. The number of alkyl halides is 1. The Morgan fingerprint density at radius 1 is 1.43 bits per heavy atom. The van der Waals surface area contributed by atoms with Crippen LogP contribution in [0.4, 0.5) is 5.82 Å². The summed E-state index contributed by atoms with van der Waals surface area (Å²) in [6.45, 7) is 7.17. The zero-order chi connectivity index (χ0) is 16.8. The summed E-state index contributed by atoms with van der Waals surface area (Å²) in [5.41, 5.74) is 0.763. The van der Waals surface area contributed by atoms with Gasteiger partial charge in [-0.1, -0.05) is 18.7 Å². The molecule has 0 spiro atoms. The first-order valence-electron chi connectivity index (χ1n) is 7.50. The van der Waals surface area contributed by atoms with Crippen molar-refractivity contribution >= 4 is 46.1 Å². The number of nitrogens with one attached hydrogen (secondary N) is 2. The normalized spacial score (nSPS) is 11.2. The molecule has 0 saturated carbocycles. The fourth-order valence-electron chi connectivity index (χ4n) is 2.02. The number of fused-ring (bicyclic) bond motifs is 1. The highest BCUT2D eigenvalue weighted by molar-refractivity contribution is 7.99. The van der Waals surface area contributed by atoms with Gasteiger partial charge in [-0.2, -0.15) is 5.10 Å². The Kier molecular flexibility index (Phi) is 6.47. The Morgan fingerprint density at radius 2 is 2.22 bits per heavy atom. The van der Waals surface area contributed by atoms with Gasteiger partial charge in [0, 0.05) is 12.6 Å². The molecule has 2 N–H and O–H groups in total. The minimum absolute atomic E-state index is 0.0399. The average molecular weight is 357 g/mol. The van der Waals surface area contributed by atoms with E-state index >= 15 is 0 Å². The zero-order valence-corrected chi connectivity index (χ0v) is 15.0. The Hall–Kier alpha value is -1.54. The SMILES string of the molecule is CCSc1nc(NC(C)C)c2cnn(CCNC(=O)CCl)c2n1. The molecule has 23 heavy (non-hydrogen) atoms. The Labute approximate surface area is 144 Å². The number of aromatic nitrogens is 4. The second-order valence-corrected chi connectivity index (χ2v) is 6.67. The predicted octanol–water partition coefficient (Wildman–Crippen LogP) is 2.11. The van der Waals surface area contributed by atoms with E-state index in [2.05, 4.69) is 46.5 Å². The lowest BCUT2D eigenvalue weighted by Gasteiger charge is -2.11. The molecule has 0 atom stereocenters. The topological polar surface area (TPSA) is 84.7 Å². The quantitative estimate of drug-likeness (QED) is 0.428. The lowest BCUT2D eigenvalue weighted by molar-refractivity contribution is -0.118. The maximum absolute atomic E-state index is 11.2. The maximum atomic E-state index is 11.2. The average Bonchev–Trinajstić information content (AvgIpc) is 2.90. The van der Waals surface area contributed by atoms with Crippen LogP contribution in [0.3, 0.4) is 0 Å². The molecule has 0 radical (unpaired) electrons. The van der Waals surface area contributed by atoms with Gasteiger partial charge < -0.3 is 10.6 Å². The Morgan fingerprint density at radius 3 is 2.87 bits per heavy atom. The van der Waals surface area contributed by atoms with Gasteiger partial charge in [0.1, 0.15) is 11.7 Å². The van der Waals surface area contributed by atoms with Crippen molar-refractivity contribution in [1.29, 1.82) is 0 Å². The van der Waals surface area contributed by atoms with E-state index in [4.69, 9.17) is 11.6 Å². The van der Waals surface area contributed by atoms with E-state index in [0.29, 0.717) is 13.1 Å². The summed E-state index contributed by atoms with van der Waals surface area (Å²) in [5, 5.41) is 12.0. The van der Waals surface area contributed by atoms with Crippen LogP contribution in [0.25, 0.3) is 11.0 Å². The van der Waals surface area contributed by atoms with Gasteiger partial charge in [-0.05, 0) is 19.6 Å². The monoisotopic (exact) mass is 356 g/mol. The molecule has 9 heteroatoms. The number of thioether (sulfide) groups is 1. The van der Waals surface area contributed by atoms with Gasteiger partial charge >= 0.3 is 0 Å². The van der Waals surface area contributed by atoms with Gasteiger partial charge in [0.05, 0.1) is 18.1 Å². The highest BCUT2D eigenvalue weighted by Gasteiger charge is 2.13. The number of rotatable bonds is 8. The van der Waals surface area contributed by atoms with Crippen molar-refractivity contribution in [1.82, 2.24) is 25.1 Å². The number of carbonyl (C=O) groups excluding carboxylic acids is 1. The van der Waals surface area contributed by atoms with Crippen molar-refractivity contribution in [2.75, 3.05) is 23.5 Å². The molecule has 0 aliphatic carbocycles. The largest absolute Gasteiger partial charge is 0.367 e. The number of amides is 1. The lowest BCUT2D eigenvalue weighted by atomic mass is 10.3. The van der Waals surface area contributed by atoms with E-state index in [1.807, 2.05) is 0 Å². The van der Waals surface area contributed by atoms with Gasteiger partial charge in [0.2, 0.25) is 5.91 Å². The van der Waals surface area contributed by atoms with Crippen LogP contribution < -0.4 is 10.6 Å². The minimum atomic E-state index is -0.192. The molecule has 2 rings (SSSR count). The molecular weight excluding hydrogens is 336 g/mol. The van der Waals surface area contributed by atoms with Crippen molar-refractivity contribution < 1.29 is 4.79 Å². The smallest absolute Gasteiger partial charge is 0.234 e. The molecule has 2 aromatic rings. The van der Waals surface area contributed by atoms with E-state index in [-0.39, 0.29) is 17.8 Å². The molecule has 2 heterocycles. The van der Waals surface area contributed by atoms with Crippen LogP contribution in [0.2, 0.25) is 0 Å². The number of carbonyl (C=O) groups is 1. The summed E-state index contributed by atoms with van der Waals surface area (Å²) < 4.78 is 1.77. The van der Waals surface area contributed by atoms with Gasteiger partial charge in [-0.15, -0.1) is 11.6 Å². The zero-order valence-electron chi connectivity index (χ0n) is 13.5. The first-order valence-corrected chi connectivity index (χ1v) is 9.02. The van der Waals surface area contributed by atoms with Crippen LogP contribution in [0, 0.1) is 0 Å². The summed E-state index contributed by atoms with van der Waals surface area (Å²) >= 11 is 7.05. The third-order valence-electron chi connectivity index (χ3n) is 2.94. The third-order valence-corrected chi connectivity index (χ3v) is 3.91. The third kappa shape index (κ3) is 4.71. The molecule has 126 valence electrons. The Bertz CT molecular complexity index is 675. The molecule has 0 aliphatic heterocycles. The van der Waals surface area contributed by atoms with E-state index in [9.17, 15) is 4.79 Å². The standard InChI is InChI=1S/C14H21ClN6OS/c1-4-23-14-19-12(18-9(2)3)10-8-17-21(13(10)20-14)6-5-16-11(22)7-15/h8-9H,4-7H2,1-3H3,(H,16,22)(H,18,19,20). The maximum Gasteiger partial charge on any atom is 0.234 e. The first kappa shape index (κ1) is 17.8. The van der Waals surface area contributed by atoms with E-state index in [0.717, 1.165) is 27.8 Å². The van der Waals surface area contributed by atoms with E-state index in [1.165, 1.54) is 0 Å². The summed E-state index contributed by atoms with van der Waals surface area (Å²) in [4.78, 5) is 20.4. The minimum Gasteiger partial charge on any atom is -0.367 e. The fourth-order valence-corrected chi connectivity index (χ4v) is 2.68. The molecule has 1 amide bonds. The van der Waals surface area contributed by atoms with Crippen LogP contribution in [-0.2, 0) is 11.3 Å². The van der Waals surface area contributed by atoms with Crippen LogP contribution in [0.5, 0.6) is 0 Å². The Balaban J connectivity index is 2.28. The number of hydrogen-bond donors (Lipinski definition) is 2. The van der Waals surface area contributed by atoms with Crippen molar-refractivity contribution in [2.24, 2.45) is 0 Å². The van der Waals surface area contributed by atoms with E-state index in [1.54, 1.807) is 22.6 Å². The van der Waals surface area contributed by atoms with Gasteiger partial charge in [0.15, 0.2) is 10.8 Å². The van der Waals surface area contributed by atoms with Crippen molar-refractivity contribution in [3.8, 4) is 0 Å². The van der Waals surface area contributed by atoms with Crippen LogP contribution in [0.15, 0.2) is 11.4 Å². The van der Waals surface area contributed by atoms with Crippen LogP contribution in [0.1, 0.15) is 20.8 Å². The van der Waals surface area contributed by atoms with Gasteiger partial charge in [-0.3, -0.25) is 4.79 Å². The second-order valence-electron chi connectivity index (χ2n) is 5.18. The van der Waals surface area contributed by atoms with Crippen molar-refractivity contribution in [3.05, 3.63) is 6.20 Å². The molecule has 0 saturated heterocycles. The number of anilines is 1. The fraction of sp³-hybridized carbons (Fsp3) is 0.571. The van der Waals surface area contributed by atoms with Crippen LogP contribution >= 0.6 is 23.4 Å². The van der Waals surface area contributed by atoms with E-state index < -0.39 is 0 Å². The molecule has 0 aliphatic rings. The predicted molar refractivity (Wildman–Crippen MR) is 94.2 cm³/mol. The first-order chi connectivity index (χ1) is 11.0. The van der Waals surface area contributed by atoms with Crippen molar-refractivity contribution in [2.45, 2.75) is 38.5 Å². The second kappa shape index (κ2) is 8.35. The summed E-state index contributed by atoms with van der Waals surface area (Å²) in [7, 11) is 0. The molecule has 0 fully saturated rings. The lowest BCUT2D eigenvalue weighted by Crippen LogP contribution is -2.28. The van der Waals surface area contributed by atoms with Crippen LogP contribution in [-0.4, -0.2) is 49.9 Å². The molecule has 0 unspecified atom stereocenters. The molecule has 7 nitrogen and oxygen atoms in total. The number of halogens is 1. The van der Waals surface area contributed by atoms with Gasteiger partial charge in [0.25, 0.3) is 0 Å². The highest BCUT2D eigenvalue weighted by Crippen LogP contribution is 2.24. The molecule has 0 bridgehead atoms.